The van der Waals surface area contributed by atoms with Crippen LogP contribution in [0.25, 0.3) is 5.69 Å². The first kappa shape index (κ1) is 21.3. The van der Waals surface area contributed by atoms with Crippen LogP contribution in [0.2, 0.25) is 0 Å². The summed E-state index contributed by atoms with van der Waals surface area (Å²) in [6.07, 6.45) is 0.746. The van der Waals surface area contributed by atoms with Gasteiger partial charge in [-0.3, -0.25) is 4.79 Å². The molecule has 0 bridgehead atoms. The van der Waals surface area contributed by atoms with Gasteiger partial charge in [-0.2, -0.15) is 18.2 Å². The van der Waals surface area contributed by atoms with Crippen LogP contribution in [0.3, 0.4) is 0 Å². The summed E-state index contributed by atoms with van der Waals surface area (Å²) in [5, 5.41) is 4.01. The quantitative estimate of drug-likeness (QED) is 0.421. The number of esters is 1. The standard InChI is InChI=1S/C21H20N2O6S/c1-3-15-10-12-17(13-11-15)30(26,27)29-18-14-19(24)23(16-8-6-5-7-9-16)22-20(18)21(25)28-4-2/h5-14H,3-4H2,1-2H3. The second kappa shape index (κ2) is 8.91. The maximum atomic E-state index is 12.7. The summed E-state index contributed by atoms with van der Waals surface area (Å²) in [5.41, 5.74) is 0.265. The number of ether oxygens (including phenoxy) is 1. The van der Waals surface area contributed by atoms with E-state index in [1.54, 1.807) is 49.4 Å². The van der Waals surface area contributed by atoms with Crippen LogP contribution in [0, 0.1) is 0 Å². The Hall–Kier alpha value is -3.46. The SMILES string of the molecule is CCOC(=O)c1nn(-c2ccccc2)c(=O)cc1OS(=O)(=O)c1ccc(CC)cc1. The zero-order valence-corrected chi connectivity index (χ0v) is 17.3. The predicted octanol–water partition coefficient (Wildman–Crippen LogP) is 2.74. The van der Waals surface area contributed by atoms with Crippen molar-refractivity contribution in [3.8, 4) is 11.4 Å². The molecule has 3 aromatic rings. The van der Waals surface area contributed by atoms with Crippen LogP contribution >= 0.6 is 0 Å². The van der Waals surface area contributed by atoms with Gasteiger partial charge in [-0.25, -0.2) is 4.79 Å². The first-order valence-electron chi connectivity index (χ1n) is 9.26. The van der Waals surface area contributed by atoms with Crippen LogP contribution < -0.4 is 9.74 Å². The van der Waals surface area contributed by atoms with E-state index in [2.05, 4.69) is 5.10 Å². The minimum absolute atomic E-state index is 0.0373. The third-order valence-corrected chi connectivity index (χ3v) is 5.43. The van der Waals surface area contributed by atoms with Crippen molar-refractivity contribution in [2.45, 2.75) is 25.2 Å². The predicted molar refractivity (Wildman–Crippen MR) is 109 cm³/mol. The largest absolute Gasteiger partial charge is 0.461 e. The molecule has 0 spiro atoms. The fraction of sp³-hybridized carbons (Fsp3) is 0.190. The summed E-state index contributed by atoms with van der Waals surface area (Å²) in [4.78, 5) is 24.8. The van der Waals surface area contributed by atoms with Gasteiger partial charge in [-0.1, -0.05) is 37.3 Å². The fourth-order valence-electron chi connectivity index (χ4n) is 2.66. The van der Waals surface area contributed by atoms with Gasteiger partial charge >= 0.3 is 16.1 Å². The molecular formula is C21H20N2O6S. The maximum Gasteiger partial charge on any atom is 0.362 e. The highest BCUT2D eigenvalue weighted by atomic mass is 32.2. The van der Waals surface area contributed by atoms with Crippen LogP contribution in [-0.2, 0) is 21.3 Å². The molecule has 3 rings (SSSR count). The van der Waals surface area contributed by atoms with Gasteiger partial charge in [0.15, 0.2) is 5.75 Å². The van der Waals surface area contributed by atoms with Crippen molar-refractivity contribution >= 4 is 16.1 Å². The van der Waals surface area contributed by atoms with Crippen molar-refractivity contribution in [1.82, 2.24) is 9.78 Å². The highest BCUT2D eigenvalue weighted by Crippen LogP contribution is 2.22. The van der Waals surface area contributed by atoms with Crippen molar-refractivity contribution in [3.63, 3.8) is 0 Å². The zero-order valence-electron chi connectivity index (χ0n) is 16.4. The molecule has 8 nitrogen and oxygen atoms in total. The van der Waals surface area contributed by atoms with Gasteiger partial charge in [0.2, 0.25) is 5.69 Å². The Kier molecular flexibility index (Phi) is 6.31. The van der Waals surface area contributed by atoms with Crippen LogP contribution in [0.5, 0.6) is 5.75 Å². The normalized spacial score (nSPS) is 11.1. The third-order valence-electron chi connectivity index (χ3n) is 4.19. The molecule has 0 amide bonds. The first-order chi connectivity index (χ1) is 14.4. The molecule has 0 saturated heterocycles. The second-order valence-corrected chi connectivity index (χ2v) is 7.74. The molecule has 0 unspecified atom stereocenters. The second-order valence-electron chi connectivity index (χ2n) is 6.20. The van der Waals surface area contributed by atoms with Gasteiger partial charge in [0.25, 0.3) is 5.56 Å². The van der Waals surface area contributed by atoms with E-state index in [-0.39, 0.29) is 11.5 Å². The number of carbonyl (C=O) groups excluding carboxylic acids is 1. The summed E-state index contributed by atoms with van der Waals surface area (Å²) >= 11 is 0. The van der Waals surface area contributed by atoms with Crippen LogP contribution in [0.4, 0.5) is 0 Å². The average molecular weight is 428 g/mol. The molecule has 0 fully saturated rings. The van der Waals surface area contributed by atoms with Crippen molar-refractivity contribution in [2.75, 3.05) is 6.61 Å². The number of hydrogen-bond acceptors (Lipinski definition) is 7. The molecule has 0 aliphatic rings. The Labute approximate surface area is 173 Å². The topological polar surface area (TPSA) is 105 Å². The molecule has 156 valence electrons. The van der Waals surface area contributed by atoms with E-state index in [0.29, 0.717) is 5.69 Å². The number of nitrogens with zero attached hydrogens (tertiary/aromatic N) is 2. The number of aromatic nitrogens is 2. The van der Waals surface area contributed by atoms with E-state index < -0.39 is 33.1 Å². The molecule has 1 heterocycles. The number of hydrogen-bond donors (Lipinski definition) is 0. The molecule has 0 aliphatic carbocycles. The van der Waals surface area contributed by atoms with E-state index in [0.717, 1.165) is 22.7 Å². The minimum atomic E-state index is -4.30. The molecule has 0 saturated carbocycles. The van der Waals surface area contributed by atoms with Crippen molar-refractivity contribution < 1.29 is 22.1 Å². The minimum Gasteiger partial charge on any atom is -0.461 e. The molecule has 0 N–H and O–H groups in total. The van der Waals surface area contributed by atoms with Gasteiger partial charge < -0.3 is 8.92 Å². The lowest BCUT2D eigenvalue weighted by molar-refractivity contribution is 0.0515. The lowest BCUT2D eigenvalue weighted by atomic mass is 10.2. The molecule has 30 heavy (non-hydrogen) atoms. The van der Waals surface area contributed by atoms with Gasteiger partial charge in [0.1, 0.15) is 4.90 Å². The smallest absolute Gasteiger partial charge is 0.362 e. The molecule has 2 aromatic carbocycles. The molecule has 0 atom stereocenters. The maximum absolute atomic E-state index is 12.7. The van der Waals surface area contributed by atoms with Crippen molar-refractivity contribution in [2.24, 2.45) is 0 Å². The van der Waals surface area contributed by atoms with E-state index in [1.165, 1.54) is 12.1 Å². The Morgan fingerprint density at radius 3 is 2.30 bits per heavy atom. The fourth-order valence-corrected chi connectivity index (χ4v) is 3.59. The molecule has 0 aliphatic heterocycles. The van der Waals surface area contributed by atoms with Crippen LogP contribution in [-0.4, -0.2) is 30.8 Å². The van der Waals surface area contributed by atoms with E-state index >= 15 is 0 Å². The Morgan fingerprint density at radius 2 is 1.70 bits per heavy atom. The van der Waals surface area contributed by atoms with Crippen LogP contribution in [0.1, 0.15) is 29.9 Å². The average Bonchev–Trinajstić information content (AvgIpc) is 2.74. The lowest BCUT2D eigenvalue weighted by Crippen LogP contribution is -2.26. The highest BCUT2D eigenvalue weighted by Gasteiger charge is 2.25. The number of para-hydroxylation sites is 1. The Balaban J connectivity index is 2.07. The Morgan fingerprint density at radius 1 is 1.03 bits per heavy atom. The molecule has 0 radical (unpaired) electrons. The lowest BCUT2D eigenvalue weighted by Gasteiger charge is -2.12. The van der Waals surface area contributed by atoms with Crippen molar-refractivity contribution in [3.05, 3.63) is 82.3 Å². The monoisotopic (exact) mass is 428 g/mol. The van der Waals surface area contributed by atoms with Gasteiger partial charge in [-0.05, 0) is 43.2 Å². The molecule has 9 heteroatoms. The summed E-state index contributed by atoms with van der Waals surface area (Å²) in [5.74, 6) is -1.40. The van der Waals surface area contributed by atoms with Gasteiger partial charge in [-0.15, -0.1) is 0 Å². The third kappa shape index (κ3) is 4.57. The van der Waals surface area contributed by atoms with Gasteiger partial charge in [0.05, 0.1) is 18.4 Å². The van der Waals surface area contributed by atoms with Gasteiger partial charge in [0, 0.05) is 0 Å². The zero-order chi connectivity index (χ0) is 21.7. The first-order valence-corrected chi connectivity index (χ1v) is 10.7. The van der Waals surface area contributed by atoms with E-state index in [4.69, 9.17) is 8.92 Å². The summed E-state index contributed by atoms with van der Waals surface area (Å²) in [6, 6.07) is 15.4. The van der Waals surface area contributed by atoms with E-state index in [9.17, 15) is 18.0 Å². The van der Waals surface area contributed by atoms with Crippen molar-refractivity contribution in [1.29, 1.82) is 0 Å². The molecular weight excluding hydrogens is 408 g/mol. The summed E-state index contributed by atoms with van der Waals surface area (Å²) < 4.78 is 36.4. The Bertz CT molecular complexity index is 1200. The highest BCUT2D eigenvalue weighted by molar-refractivity contribution is 7.87. The summed E-state index contributed by atoms with van der Waals surface area (Å²) in [6.45, 7) is 3.58. The number of benzene rings is 2. The number of aryl methyl sites for hydroxylation is 1. The number of carbonyl (C=O) groups is 1. The van der Waals surface area contributed by atoms with E-state index in [1.807, 2.05) is 6.92 Å². The van der Waals surface area contributed by atoms with Crippen LogP contribution in [0.15, 0.2) is 70.4 Å². The number of rotatable bonds is 7. The summed E-state index contributed by atoms with van der Waals surface area (Å²) in [7, 11) is -4.30. The molecule has 1 aromatic heterocycles.